The fourth-order valence-corrected chi connectivity index (χ4v) is 4.41. The second-order valence-corrected chi connectivity index (χ2v) is 8.96. The Morgan fingerprint density at radius 3 is 2.26 bits per heavy atom. The van der Waals surface area contributed by atoms with E-state index in [0.717, 1.165) is 22.3 Å². The van der Waals surface area contributed by atoms with Gasteiger partial charge in [0.25, 0.3) is 5.91 Å². The molecule has 35 heavy (non-hydrogen) atoms. The number of anilines is 1. The maximum absolute atomic E-state index is 12.8. The van der Waals surface area contributed by atoms with Gasteiger partial charge >= 0.3 is 12.1 Å². The zero-order valence-electron chi connectivity index (χ0n) is 19.9. The first kappa shape index (κ1) is 24.0. The standard InChI is InChI=1S/C26H28N4O5/c1-16(2)13-30(14-24(31)32)25(33)22-12-23(29(3)28-22)27-26(34)35-15-21-19-10-6-4-8-17(19)18-9-5-7-11-20(18)21/h4-12,16,21H,13-15H2,1-3H3,(H,27,34)(H,31,32). The molecular formula is C26H28N4O5. The lowest BCUT2D eigenvalue weighted by atomic mass is 9.98. The monoisotopic (exact) mass is 476 g/mol. The van der Waals surface area contributed by atoms with E-state index >= 15 is 0 Å². The molecule has 9 heteroatoms. The number of nitrogens with zero attached hydrogens (tertiary/aromatic N) is 3. The second kappa shape index (κ2) is 10.0. The van der Waals surface area contributed by atoms with Crippen molar-refractivity contribution in [2.45, 2.75) is 19.8 Å². The lowest BCUT2D eigenvalue weighted by Crippen LogP contribution is -2.38. The Hall–Kier alpha value is -4.14. The van der Waals surface area contributed by atoms with E-state index in [2.05, 4.69) is 22.5 Å². The lowest BCUT2D eigenvalue weighted by Gasteiger charge is -2.21. The SMILES string of the molecule is CC(C)CN(CC(=O)O)C(=O)c1cc(NC(=O)OCC2c3ccccc3-c3ccccc32)n(C)n1. The number of fused-ring (bicyclic) bond motifs is 3. The van der Waals surface area contributed by atoms with Crippen LogP contribution in [0.5, 0.6) is 0 Å². The van der Waals surface area contributed by atoms with Crippen LogP contribution in [0.2, 0.25) is 0 Å². The summed E-state index contributed by atoms with van der Waals surface area (Å²) in [6.45, 7) is 3.79. The summed E-state index contributed by atoms with van der Waals surface area (Å²) in [5.41, 5.74) is 4.54. The molecule has 2 N–H and O–H groups in total. The lowest BCUT2D eigenvalue weighted by molar-refractivity contribution is -0.137. The van der Waals surface area contributed by atoms with Crippen LogP contribution in [-0.2, 0) is 16.6 Å². The number of carboxylic acids is 1. The third kappa shape index (κ3) is 5.18. The van der Waals surface area contributed by atoms with Crippen LogP contribution in [0.4, 0.5) is 10.6 Å². The predicted octanol–water partition coefficient (Wildman–Crippen LogP) is 3.96. The van der Waals surface area contributed by atoms with Crippen LogP contribution in [0.3, 0.4) is 0 Å². The number of hydrogen-bond donors (Lipinski definition) is 2. The summed E-state index contributed by atoms with van der Waals surface area (Å²) in [5, 5.41) is 15.9. The fraction of sp³-hybridized carbons (Fsp3) is 0.308. The summed E-state index contributed by atoms with van der Waals surface area (Å²) in [4.78, 5) is 37.9. The first-order valence-corrected chi connectivity index (χ1v) is 11.4. The highest BCUT2D eigenvalue weighted by Crippen LogP contribution is 2.44. The van der Waals surface area contributed by atoms with Gasteiger partial charge in [0.15, 0.2) is 5.69 Å². The van der Waals surface area contributed by atoms with E-state index in [9.17, 15) is 14.4 Å². The first-order valence-electron chi connectivity index (χ1n) is 11.4. The van der Waals surface area contributed by atoms with Crippen molar-refractivity contribution in [3.05, 3.63) is 71.4 Å². The maximum Gasteiger partial charge on any atom is 0.412 e. The van der Waals surface area contributed by atoms with Gasteiger partial charge in [0.05, 0.1) is 0 Å². The average molecular weight is 477 g/mol. The molecule has 0 aliphatic heterocycles. The van der Waals surface area contributed by atoms with E-state index < -0.39 is 24.5 Å². The number of aliphatic carboxylic acids is 1. The Kier molecular flexibility index (Phi) is 6.86. The molecular weight excluding hydrogens is 448 g/mol. The molecule has 1 aromatic heterocycles. The number of carbonyl (C=O) groups is 3. The minimum absolute atomic E-state index is 0.0448. The molecule has 0 bridgehead atoms. The third-order valence-electron chi connectivity index (χ3n) is 5.87. The van der Waals surface area contributed by atoms with Crippen LogP contribution >= 0.6 is 0 Å². The van der Waals surface area contributed by atoms with Gasteiger partial charge in [-0.15, -0.1) is 0 Å². The molecule has 0 saturated carbocycles. The highest BCUT2D eigenvalue weighted by Gasteiger charge is 2.29. The molecule has 1 aliphatic carbocycles. The quantitative estimate of drug-likeness (QED) is 0.509. The van der Waals surface area contributed by atoms with Crippen molar-refractivity contribution in [1.82, 2.24) is 14.7 Å². The second-order valence-electron chi connectivity index (χ2n) is 8.96. The molecule has 182 valence electrons. The Morgan fingerprint density at radius 2 is 1.69 bits per heavy atom. The molecule has 4 rings (SSSR count). The molecule has 2 aromatic carbocycles. The minimum Gasteiger partial charge on any atom is -0.480 e. The van der Waals surface area contributed by atoms with Crippen LogP contribution in [0.25, 0.3) is 11.1 Å². The number of rotatable bonds is 8. The molecule has 9 nitrogen and oxygen atoms in total. The zero-order chi connectivity index (χ0) is 25.1. The number of carbonyl (C=O) groups excluding carboxylic acids is 2. The summed E-state index contributed by atoms with van der Waals surface area (Å²) >= 11 is 0. The highest BCUT2D eigenvalue weighted by atomic mass is 16.5. The van der Waals surface area contributed by atoms with Crippen molar-refractivity contribution < 1.29 is 24.2 Å². The Morgan fingerprint density at radius 1 is 1.09 bits per heavy atom. The summed E-state index contributed by atoms with van der Waals surface area (Å²) in [6.07, 6.45) is -0.668. The zero-order valence-corrected chi connectivity index (χ0v) is 19.9. The molecule has 0 atom stereocenters. The van der Waals surface area contributed by atoms with Gasteiger partial charge in [-0.05, 0) is 28.2 Å². The average Bonchev–Trinajstić information content (AvgIpc) is 3.34. The molecule has 1 aliphatic rings. The van der Waals surface area contributed by atoms with Gasteiger partial charge < -0.3 is 14.7 Å². The van der Waals surface area contributed by atoms with Crippen LogP contribution in [0, 0.1) is 5.92 Å². The Bertz CT molecular complexity index is 1220. The van der Waals surface area contributed by atoms with Crippen LogP contribution < -0.4 is 5.32 Å². The Balaban J connectivity index is 1.43. The molecule has 0 spiro atoms. The van der Waals surface area contributed by atoms with Crippen molar-refractivity contribution in [2.75, 3.05) is 25.0 Å². The molecule has 2 amide bonds. The van der Waals surface area contributed by atoms with Crippen molar-refractivity contribution in [2.24, 2.45) is 13.0 Å². The first-order chi connectivity index (χ1) is 16.7. The maximum atomic E-state index is 12.8. The largest absolute Gasteiger partial charge is 0.480 e. The number of ether oxygens (including phenoxy) is 1. The van der Waals surface area contributed by atoms with E-state index in [0.29, 0.717) is 0 Å². The van der Waals surface area contributed by atoms with E-state index in [1.165, 1.54) is 15.6 Å². The summed E-state index contributed by atoms with van der Waals surface area (Å²) in [6, 6.07) is 17.6. The van der Waals surface area contributed by atoms with E-state index in [1.807, 2.05) is 50.2 Å². The minimum atomic E-state index is -1.10. The predicted molar refractivity (Wildman–Crippen MR) is 130 cm³/mol. The van der Waals surface area contributed by atoms with Crippen molar-refractivity contribution in [3.63, 3.8) is 0 Å². The van der Waals surface area contributed by atoms with Crippen molar-refractivity contribution in [3.8, 4) is 11.1 Å². The summed E-state index contributed by atoms with van der Waals surface area (Å²) in [5.74, 6) is -1.34. The molecule has 1 heterocycles. The van der Waals surface area contributed by atoms with Gasteiger partial charge in [0.1, 0.15) is 19.0 Å². The number of hydrogen-bond acceptors (Lipinski definition) is 5. The van der Waals surface area contributed by atoms with Crippen LogP contribution in [0.15, 0.2) is 54.6 Å². The third-order valence-corrected chi connectivity index (χ3v) is 5.87. The summed E-state index contributed by atoms with van der Waals surface area (Å²) in [7, 11) is 1.58. The van der Waals surface area contributed by atoms with Gasteiger partial charge in [-0.25, -0.2) is 4.79 Å². The molecule has 0 saturated heterocycles. The molecule has 3 aromatic rings. The Labute approximate surface area is 203 Å². The number of carboxylic acid groups (broad SMARTS) is 1. The summed E-state index contributed by atoms with van der Waals surface area (Å²) < 4.78 is 6.91. The van der Waals surface area contributed by atoms with Gasteiger partial charge in [0.2, 0.25) is 0 Å². The van der Waals surface area contributed by atoms with E-state index in [4.69, 9.17) is 9.84 Å². The van der Waals surface area contributed by atoms with Crippen LogP contribution in [0.1, 0.15) is 41.4 Å². The number of nitrogens with one attached hydrogen (secondary N) is 1. The molecule has 0 radical (unpaired) electrons. The highest BCUT2D eigenvalue weighted by molar-refractivity contribution is 5.95. The number of amides is 2. The van der Waals surface area contributed by atoms with Crippen molar-refractivity contribution >= 4 is 23.8 Å². The normalized spacial score (nSPS) is 12.2. The number of aromatic nitrogens is 2. The van der Waals surface area contributed by atoms with Gasteiger partial charge in [-0.1, -0.05) is 62.4 Å². The smallest absolute Gasteiger partial charge is 0.412 e. The van der Waals surface area contributed by atoms with Crippen molar-refractivity contribution in [1.29, 1.82) is 0 Å². The fourth-order valence-electron chi connectivity index (χ4n) is 4.41. The van der Waals surface area contributed by atoms with E-state index in [-0.39, 0.29) is 36.5 Å². The van der Waals surface area contributed by atoms with Gasteiger partial charge in [-0.2, -0.15) is 5.10 Å². The number of benzene rings is 2. The van der Waals surface area contributed by atoms with E-state index in [1.54, 1.807) is 7.05 Å². The number of aryl methyl sites for hydroxylation is 1. The van der Waals surface area contributed by atoms with Gasteiger partial charge in [0, 0.05) is 25.6 Å². The van der Waals surface area contributed by atoms with Crippen LogP contribution in [-0.4, -0.2) is 57.5 Å². The molecule has 0 fully saturated rings. The van der Waals surface area contributed by atoms with Gasteiger partial charge in [-0.3, -0.25) is 19.6 Å². The topological polar surface area (TPSA) is 114 Å². The molecule has 0 unspecified atom stereocenters.